The van der Waals surface area contributed by atoms with Gasteiger partial charge in [-0.2, -0.15) is 0 Å². The Morgan fingerprint density at radius 1 is 1.37 bits per heavy atom. The molecule has 0 radical (unpaired) electrons. The van der Waals surface area contributed by atoms with Crippen molar-refractivity contribution >= 4 is 11.6 Å². The molecule has 0 amide bonds. The van der Waals surface area contributed by atoms with Crippen molar-refractivity contribution in [2.45, 2.75) is 58.6 Å². The molecule has 0 aromatic carbocycles. The van der Waals surface area contributed by atoms with Crippen LogP contribution >= 0.6 is 11.6 Å². The second-order valence-electron chi connectivity index (χ2n) is 4.92. The Kier molecular flexibility index (Phi) is 7.84. The van der Waals surface area contributed by atoms with E-state index in [2.05, 4.69) is 24.1 Å². The van der Waals surface area contributed by atoms with Crippen molar-refractivity contribution in [3.8, 4) is 5.88 Å². The van der Waals surface area contributed by atoms with Gasteiger partial charge in [0.1, 0.15) is 0 Å². The third kappa shape index (κ3) is 6.26. The number of aromatic nitrogens is 1. The van der Waals surface area contributed by atoms with Gasteiger partial charge in [-0.25, -0.2) is 4.98 Å². The highest BCUT2D eigenvalue weighted by atomic mass is 35.5. The van der Waals surface area contributed by atoms with Crippen molar-refractivity contribution in [3.63, 3.8) is 0 Å². The van der Waals surface area contributed by atoms with Gasteiger partial charge in [0.25, 0.3) is 0 Å². The van der Waals surface area contributed by atoms with E-state index in [1.165, 1.54) is 25.7 Å². The Morgan fingerprint density at radius 3 is 2.84 bits per heavy atom. The van der Waals surface area contributed by atoms with Gasteiger partial charge in [-0.3, -0.25) is 0 Å². The van der Waals surface area contributed by atoms with E-state index >= 15 is 0 Å². The summed E-state index contributed by atoms with van der Waals surface area (Å²) in [4.78, 5) is 4.22. The maximum atomic E-state index is 6.07. The molecule has 0 saturated carbocycles. The van der Waals surface area contributed by atoms with E-state index in [9.17, 15) is 0 Å². The van der Waals surface area contributed by atoms with Crippen LogP contribution in [0.25, 0.3) is 0 Å². The summed E-state index contributed by atoms with van der Waals surface area (Å²) in [5.41, 5.74) is 1.02. The maximum Gasteiger partial charge on any atom is 0.213 e. The zero-order valence-electron chi connectivity index (χ0n) is 12.2. The fourth-order valence-electron chi connectivity index (χ4n) is 1.97. The van der Waals surface area contributed by atoms with Crippen molar-refractivity contribution in [2.24, 2.45) is 0 Å². The van der Waals surface area contributed by atoms with Crippen LogP contribution in [0.1, 0.15) is 51.5 Å². The van der Waals surface area contributed by atoms with Gasteiger partial charge in [-0.15, -0.1) is 0 Å². The van der Waals surface area contributed by atoms with Gasteiger partial charge >= 0.3 is 0 Å². The van der Waals surface area contributed by atoms with Crippen LogP contribution in [0.15, 0.2) is 12.3 Å². The number of nitrogens with zero attached hydrogens (tertiary/aromatic N) is 1. The van der Waals surface area contributed by atoms with E-state index in [0.29, 0.717) is 10.9 Å². The lowest BCUT2D eigenvalue weighted by molar-refractivity contribution is 0.198. The monoisotopic (exact) mass is 284 g/mol. The fourth-order valence-corrected chi connectivity index (χ4v) is 2.14. The highest BCUT2D eigenvalue weighted by Crippen LogP contribution is 2.20. The first-order valence-corrected chi connectivity index (χ1v) is 7.50. The van der Waals surface area contributed by atoms with Crippen molar-refractivity contribution in [1.29, 1.82) is 0 Å². The zero-order chi connectivity index (χ0) is 14.1. The smallest absolute Gasteiger partial charge is 0.213 e. The van der Waals surface area contributed by atoms with Crippen LogP contribution in [-0.2, 0) is 6.54 Å². The van der Waals surface area contributed by atoms with Gasteiger partial charge < -0.3 is 10.1 Å². The first kappa shape index (κ1) is 16.3. The van der Waals surface area contributed by atoms with E-state index in [4.69, 9.17) is 16.3 Å². The summed E-state index contributed by atoms with van der Waals surface area (Å²) in [6, 6.07) is 1.92. The molecule has 1 N–H and O–H groups in total. The molecule has 4 heteroatoms. The predicted molar refractivity (Wildman–Crippen MR) is 80.9 cm³/mol. The number of unbranched alkanes of at least 4 members (excludes halogenated alkanes) is 3. The molecule has 3 nitrogen and oxygen atoms in total. The highest BCUT2D eigenvalue weighted by Gasteiger charge is 2.08. The molecule has 108 valence electrons. The number of ether oxygens (including phenoxy) is 1. The molecule has 0 spiro atoms. The van der Waals surface area contributed by atoms with Crippen molar-refractivity contribution in [1.82, 2.24) is 10.3 Å². The molecule has 1 rings (SSSR count). The molecule has 0 saturated heterocycles. The standard InChI is InChI=1S/C15H25ClN2O/c1-4-5-6-7-8-12(2)19-15-9-13(10-17-3)14(16)11-18-15/h9,11-12,17H,4-8,10H2,1-3H3. The van der Waals surface area contributed by atoms with Crippen LogP contribution in [0.5, 0.6) is 5.88 Å². The van der Waals surface area contributed by atoms with Crippen LogP contribution < -0.4 is 10.1 Å². The third-order valence-electron chi connectivity index (χ3n) is 3.06. The summed E-state index contributed by atoms with van der Waals surface area (Å²) >= 11 is 6.07. The number of halogens is 1. The summed E-state index contributed by atoms with van der Waals surface area (Å²) in [6.45, 7) is 5.05. The Balaban J connectivity index is 2.45. The van der Waals surface area contributed by atoms with Crippen molar-refractivity contribution < 1.29 is 4.74 Å². The lowest BCUT2D eigenvalue weighted by atomic mass is 10.1. The van der Waals surface area contributed by atoms with Crippen LogP contribution in [0.4, 0.5) is 0 Å². The van der Waals surface area contributed by atoms with E-state index in [1.807, 2.05) is 13.1 Å². The van der Waals surface area contributed by atoms with Gasteiger partial charge in [0, 0.05) is 18.8 Å². The highest BCUT2D eigenvalue weighted by molar-refractivity contribution is 6.31. The molecule has 0 fully saturated rings. The van der Waals surface area contributed by atoms with Crippen LogP contribution in [0.3, 0.4) is 0 Å². The summed E-state index contributed by atoms with van der Waals surface area (Å²) in [7, 11) is 1.90. The minimum absolute atomic E-state index is 0.202. The molecule has 19 heavy (non-hydrogen) atoms. The van der Waals surface area contributed by atoms with E-state index < -0.39 is 0 Å². The van der Waals surface area contributed by atoms with Gasteiger partial charge in [0.15, 0.2) is 0 Å². The van der Waals surface area contributed by atoms with Crippen molar-refractivity contribution in [3.05, 3.63) is 22.8 Å². The molecular formula is C15H25ClN2O. The molecule has 1 unspecified atom stereocenters. The van der Waals surface area contributed by atoms with Gasteiger partial charge in [0.2, 0.25) is 5.88 Å². The molecule has 1 aromatic rings. The third-order valence-corrected chi connectivity index (χ3v) is 3.40. The molecule has 0 aliphatic carbocycles. The van der Waals surface area contributed by atoms with Gasteiger partial charge in [-0.05, 0) is 32.4 Å². The molecule has 0 aliphatic rings. The largest absolute Gasteiger partial charge is 0.475 e. The summed E-state index contributed by atoms with van der Waals surface area (Å²) in [6.07, 6.45) is 8.00. The van der Waals surface area contributed by atoms with Crippen LogP contribution in [-0.4, -0.2) is 18.1 Å². The molecule has 0 aliphatic heterocycles. The first-order valence-electron chi connectivity index (χ1n) is 7.13. The number of pyridine rings is 1. The SMILES string of the molecule is CCCCCCC(C)Oc1cc(CNC)c(Cl)cn1. The average Bonchev–Trinajstić information content (AvgIpc) is 2.39. The van der Waals surface area contributed by atoms with Crippen molar-refractivity contribution in [2.75, 3.05) is 7.05 Å². The lowest BCUT2D eigenvalue weighted by Crippen LogP contribution is -2.13. The minimum atomic E-state index is 0.202. The minimum Gasteiger partial charge on any atom is -0.475 e. The number of hydrogen-bond acceptors (Lipinski definition) is 3. The summed E-state index contributed by atoms with van der Waals surface area (Å²) < 4.78 is 5.84. The van der Waals surface area contributed by atoms with Gasteiger partial charge in [-0.1, -0.05) is 37.8 Å². The summed E-state index contributed by atoms with van der Waals surface area (Å²) in [5, 5.41) is 3.76. The van der Waals surface area contributed by atoms with Gasteiger partial charge in [0.05, 0.1) is 11.1 Å². The zero-order valence-corrected chi connectivity index (χ0v) is 13.0. The molecule has 1 heterocycles. The van der Waals surface area contributed by atoms with E-state index in [0.717, 1.165) is 18.5 Å². The predicted octanol–water partition coefficient (Wildman–Crippen LogP) is 4.19. The molecule has 1 atom stereocenters. The van der Waals surface area contributed by atoms with Crippen LogP contribution in [0.2, 0.25) is 5.02 Å². The Bertz CT molecular complexity index is 371. The quantitative estimate of drug-likeness (QED) is 0.690. The average molecular weight is 285 g/mol. The normalized spacial score (nSPS) is 12.4. The Labute approximate surface area is 121 Å². The molecule has 0 bridgehead atoms. The lowest BCUT2D eigenvalue weighted by Gasteiger charge is -2.14. The summed E-state index contributed by atoms with van der Waals surface area (Å²) in [5.74, 6) is 0.664. The maximum absolute atomic E-state index is 6.07. The van der Waals surface area contributed by atoms with E-state index in [1.54, 1.807) is 6.20 Å². The number of hydrogen-bond donors (Lipinski definition) is 1. The second-order valence-corrected chi connectivity index (χ2v) is 5.33. The molecular weight excluding hydrogens is 260 g/mol. The Morgan fingerprint density at radius 2 is 2.16 bits per heavy atom. The van der Waals surface area contributed by atoms with Crippen LogP contribution in [0, 0.1) is 0 Å². The second kappa shape index (κ2) is 9.16. The topological polar surface area (TPSA) is 34.1 Å². The fraction of sp³-hybridized carbons (Fsp3) is 0.667. The number of rotatable bonds is 9. The first-order chi connectivity index (χ1) is 9.17. The Hall–Kier alpha value is -0.800. The number of nitrogens with one attached hydrogen (secondary N) is 1. The van der Waals surface area contributed by atoms with E-state index in [-0.39, 0.29) is 6.10 Å². The molecule has 1 aromatic heterocycles.